The van der Waals surface area contributed by atoms with Gasteiger partial charge in [-0.15, -0.1) is 11.3 Å². The summed E-state index contributed by atoms with van der Waals surface area (Å²) < 4.78 is 27.4. The Kier molecular flexibility index (Phi) is 3.76. The number of nitrogens with one attached hydrogen (secondary N) is 2. The summed E-state index contributed by atoms with van der Waals surface area (Å²) >= 11 is 7.18. The average molecular weight is 306 g/mol. The SMILES string of the molecule is Cc1[nH]ncc1S(=O)(=O)NC(C)c1ccc(Cl)s1. The fourth-order valence-corrected chi connectivity index (χ4v) is 4.02. The monoisotopic (exact) mass is 305 g/mol. The molecule has 0 aliphatic carbocycles. The minimum atomic E-state index is -3.57. The van der Waals surface area contributed by atoms with Crippen molar-refractivity contribution in [1.82, 2.24) is 14.9 Å². The van der Waals surface area contributed by atoms with E-state index in [0.717, 1.165) is 4.88 Å². The number of rotatable bonds is 4. The van der Waals surface area contributed by atoms with Gasteiger partial charge in [0.05, 0.1) is 22.3 Å². The number of H-pyrrole nitrogens is 1. The Hall–Kier alpha value is -0.890. The number of sulfonamides is 1. The van der Waals surface area contributed by atoms with E-state index in [1.165, 1.54) is 17.5 Å². The first-order chi connectivity index (χ1) is 8.40. The van der Waals surface area contributed by atoms with Crippen LogP contribution in [0.3, 0.4) is 0 Å². The molecule has 5 nitrogen and oxygen atoms in total. The summed E-state index contributed by atoms with van der Waals surface area (Å²) in [4.78, 5) is 1.03. The van der Waals surface area contributed by atoms with Gasteiger partial charge in [0.1, 0.15) is 4.90 Å². The standard InChI is InChI=1S/C10H12ClN3O2S2/c1-6(8-3-4-10(11)17-8)14-18(15,16)9-5-12-13-7(9)2/h3-6,14H,1-2H3,(H,12,13). The van der Waals surface area contributed by atoms with Crippen LogP contribution in [0.15, 0.2) is 23.2 Å². The summed E-state index contributed by atoms with van der Waals surface area (Å²) in [5.41, 5.74) is 0.513. The van der Waals surface area contributed by atoms with Crippen LogP contribution in [-0.2, 0) is 10.0 Å². The molecular formula is C10H12ClN3O2S2. The van der Waals surface area contributed by atoms with Gasteiger partial charge in [0.15, 0.2) is 0 Å². The number of aromatic nitrogens is 2. The molecule has 1 atom stereocenters. The third-order valence-electron chi connectivity index (χ3n) is 2.43. The zero-order chi connectivity index (χ0) is 13.3. The molecule has 0 bridgehead atoms. The van der Waals surface area contributed by atoms with E-state index in [0.29, 0.717) is 10.0 Å². The second kappa shape index (κ2) is 5.00. The predicted octanol–water partition coefficient (Wildman–Crippen LogP) is 2.47. The first kappa shape index (κ1) is 13.5. The molecule has 0 saturated carbocycles. The Bertz CT molecular complexity index is 648. The van der Waals surface area contributed by atoms with Crippen LogP contribution in [0.25, 0.3) is 0 Å². The van der Waals surface area contributed by atoms with Gasteiger partial charge >= 0.3 is 0 Å². The molecule has 18 heavy (non-hydrogen) atoms. The van der Waals surface area contributed by atoms with Crippen LogP contribution < -0.4 is 4.72 Å². The van der Waals surface area contributed by atoms with Gasteiger partial charge < -0.3 is 0 Å². The maximum atomic E-state index is 12.1. The van der Waals surface area contributed by atoms with Gasteiger partial charge in [-0.2, -0.15) is 5.10 Å². The van der Waals surface area contributed by atoms with Gasteiger partial charge in [0, 0.05) is 4.88 Å². The van der Waals surface area contributed by atoms with Gasteiger partial charge in [-0.3, -0.25) is 5.10 Å². The number of aromatic amines is 1. The van der Waals surface area contributed by atoms with Crippen LogP contribution in [0.4, 0.5) is 0 Å². The van der Waals surface area contributed by atoms with Gasteiger partial charge in [-0.25, -0.2) is 13.1 Å². The highest BCUT2D eigenvalue weighted by Gasteiger charge is 2.22. The van der Waals surface area contributed by atoms with Gasteiger partial charge in [0.2, 0.25) is 10.0 Å². The van der Waals surface area contributed by atoms with Crippen molar-refractivity contribution in [2.75, 3.05) is 0 Å². The Morgan fingerprint density at radius 2 is 2.22 bits per heavy atom. The largest absolute Gasteiger partial charge is 0.281 e. The Labute approximate surface area is 114 Å². The molecular weight excluding hydrogens is 294 g/mol. The normalized spacial score (nSPS) is 13.7. The lowest BCUT2D eigenvalue weighted by atomic mass is 10.3. The zero-order valence-corrected chi connectivity index (χ0v) is 12.2. The second-order valence-corrected chi connectivity index (χ2v) is 7.27. The van der Waals surface area contributed by atoms with Crippen molar-refractivity contribution in [1.29, 1.82) is 0 Å². The van der Waals surface area contributed by atoms with Gasteiger partial charge in [0.25, 0.3) is 0 Å². The van der Waals surface area contributed by atoms with Crippen molar-refractivity contribution in [3.63, 3.8) is 0 Å². The first-order valence-corrected chi connectivity index (χ1v) is 7.85. The molecule has 0 spiro atoms. The van der Waals surface area contributed by atoms with Crippen molar-refractivity contribution in [2.45, 2.75) is 24.8 Å². The number of halogens is 1. The molecule has 0 saturated heterocycles. The zero-order valence-electron chi connectivity index (χ0n) is 9.77. The van der Waals surface area contributed by atoms with E-state index < -0.39 is 10.0 Å². The summed E-state index contributed by atoms with van der Waals surface area (Å²) in [7, 11) is -3.57. The van der Waals surface area contributed by atoms with Crippen molar-refractivity contribution >= 4 is 33.0 Å². The molecule has 2 aromatic heterocycles. The first-order valence-electron chi connectivity index (χ1n) is 5.17. The predicted molar refractivity (Wildman–Crippen MR) is 71.4 cm³/mol. The van der Waals surface area contributed by atoms with E-state index in [1.807, 2.05) is 6.07 Å². The van der Waals surface area contributed by atoms with E-state index in [-0.39, 0.29) is 10.9 Å². The smallest absolute Gasteiger partial charge is 0.244 e. The lowest BCUT2D eigenvalue weighted by Crippen LogP contribution is -2.26. The van der Waals surface area contributed by atoms with Crippen LogP contribution in [-0.4, -0.2) is 18.6 Å². The lowest BCUT2D eigenvalue weighted by Gasteiger charge is -2.12. The minimum absolute atomic E-state index is 0.164. The Morgan fingerprint density at radius 3 is 2.72 bits per heavy atom. The topological polar surface area (TPSA) is 74.8 Å². The lowest BCUT2D eigenvalue weighted by molar-refractivity contribution is 0.568. The summed E-state index contributed by atoms with van der Waals surface area (Å²) in [5.74, 6) is 0. The molecule has 98 valence electrons. The third-order valence-corrected chi connectivity index (χ3v) is 5.49. The van der Waals surface area contributed by atoms with Crippen molar-refractivity contribution in [3.05, 3.63) is 33.2 Å². The molecule has 0 aromatic carbocycles. The maximum Gasteiger partial charge on any atom is 0.244 e. The van der Waals surface area contributed by atoms with Crippen molar-refractivity contribution < 1.29 is 8.42 Å². The summed E-state index contributed by atoms with van der Waals surface area (Å²) in [6, 6.07) is 3.22. The summed E-state index contributed by atoms with van der Waals surface area (Å²) in [6.07, 6.45) is 1.30. The fourth-order valence-electron chi connectivity index (χ4n) is 1.53. The van der Waals surface area contributed by atoms with E-state index in [2.05, 4.69) is 14.9 Å². The summed E-state index contributed by atoms with van der Waals surface area (Å²) in [6.45, 7) is 3.43. The van der Waals surface area contributed by atoms with Crippen LogP contribution >= 0.6 is 22.9 Å². The molecule has 2 N–H and O–H groups in total. The van der Waals surface area contributed by atoms with Crippen LogP contribution in [0.2, 0.25) is 4.34 Å². The number of hydrogen-bond acceptors (Lipinski definition) is 4. The molecule has 0 radical (unpaired) electrons. The number of hydrogen-bond donors (Lipinski definition) is 2. The van der Waals surface area contributed by atoms with Crippen LogP contribution in [0, 0.1) is 6.92 Å². The van der Waals surface area contributed by atoms with Gasteiger partial charge in [-0.05, 0) is 26.0 Å². The second-order valence-electron chi connectivity index (χ2n) is 3.84. The van der Waals surface area contributed by atoms with E-state index in [1.54, 1.807) is 19.9 Å². The number of nitrogens with zero attached hydrogens (tertiary/aromatic N) is 1. The highest BCUT2D eigenvalue weighted by molar-refractivity contribution is 7.89. The van der Waals surface area contributed by atoms with E-state index >= 15 is 0 Å². The molecule has 0 fully saturated rings. The van der Waals surface area contributed by atoms with Crippen LogP contribution in [0.5, 0.6) is 0 Å². The summed E-state index contributed by atoms with van der Waals surface area (Å²) in [5, 5.41) is 6.31. The molecule has 8 heteroatoms. The van der Waals surface area contributed by atoms with Crippen molar-refractivity contribution in [3.8, 4) is 0 Å². The molecule has 0 amide bonds. The highest BCUT2D eigenvalue weighted by atomic mass is 35.5. The quantitative estimate of drug-likeness (QED) is 0.911. The molecule has 2 aromatic rings. The Morgan fingerprint density at radius 1 is 1.50 bits per heavy atom. The Balaban J connectivity index is 2.21. The molecule has 2 rings (SSSR count). The third kappa shape index (κ3) is 2.74. The highest BCUT2D eigenvalue weighted by Crippen LogP contribution is 2.27. The number of aryl methyl sites for hydroxylation is 1. The molecule has 2 heterocycles. The maximum absolute atomic E-state index is 12.1. The molecule has 0 aliphatic heterocycles. The fraction of sp³-hybridized carbons (Fsp3) is 0.300. The number of thiophene rings is 1. The van der Waals surface area contributed by atoms with Crippen molar-refractivity contribution in [2.24, 2.45) is 0 Å². The average Bonchev–Trinajstić information content (AvgIpc) is 2.86. The molecule has 1 unspecified atom stereocenters. The van der Waals surface area contributed by atoms with E-state index in [4.69, 9.17) is 11.6 Å². The van der Waals surface area contributed by atoms with Crippen LogP contribution in [0.1, 0.15) is 23.5 Å². The minimum Gasteiger partial charge on any atom is -0.281 e. The van der Waals surface area contributed by atoms with Gasteiger partial charge in [-0.1, -0.05) is 11.6 Å². The molecule has 0 aliphatic rings. The van der Waals surface area contributed by atoms with E-state index in [9.17, 15) is 8.42 Å².